The summed E-state index contributed by atoms with van der Waals surface area (Å²) in [5.74, 6) is -0.535. The van der Waals surface area contributed by atoms with E-state index in [1.807, 2.05) is 6.07 Å². The first-order valence-electron chi connectivity index (χ1n) is 8.81. The summed E-state index contributed by atoms with van der Waals surface area (Å²) in [5, 5.41) is 12.6. The molecule has 3 aromatic carbocycles. The van der Waals surface area contributed by atoms with Crippen molar-refractivity contribution in [3.63, 3.8) is 0 Å². The van der Waals surface area contributed by atoms with E-state index in [2.05, 4.69) is 5.32 Å². The Hall–Kier alpha value is -3.33. The van der Waals surface area contributed by atoms with Crippen molar-refractivity contribution in [2.75, 3.05) is 5.32 Å². The van der Waals surface area contributed by atoms with Crippen LogP contribution in [0.2, 0.25) is 10.0 Å². The van der Waals surface area contributed by atoms with E-state index in [9.17, 15) is 14.4 Å². The number of hydrogen-bond donors (Lipinski definition) is 1. The molecule has 0 spiro atoms. The fourth-order valence-electron chi connectivity index (χ4n) is 2.58. The van der Waals surface area contributed by atoms with Crippen LogP contribution < -0.4 is 10.1 Å². The highest BCUT2D eigenvalue weighted by molar-refractivity contribution is 6.34. The highest BCUT2D eigenvalue weighted by Gasteiger charge is 2.12. The maximum absolute atomic E-state index is 13.3. The zero-order valence-corrected chi connectivity index (χ0v) is 17.0. The van der Waals surface area contributed by atoms with Gasteiger partial charge in [-0.1, -0.05) is 53.5 Å². The second-order valence-electron chi connectivity index (χ2n) is 6.21. The quantitative estimate of drug-likeness (QED) is 0.363. The van der Waals surface area contributed by atoms with Crippen LogP contribution in [0.4, 0.5) is 10.1 Å². The van der Waals surface area contributed by atoms with E-state index in [4.69, 9.17) is 27.9 Å². The molecule has 0 aliphatic carbocycles. The molecule has 3 aromatic rings. The van der Waals surface area contributed by atoms with Crippen LogP contribution in [0.5, 0.6) is 5.75 Å². The molecule has 0 aliphatic rings. The lowest BCUT2D eigenvalue weighted by molar-refractivity contribution is -0.112. The first-order chi connectivity index (χ1) is 14.5. The van der Waals surface area contributed by atoms with E-state index in [0.717, 1.165) is 0 Å². The third-order valence-corrected chi connectivity index (χ3v) is 4.66. The Morgan fingerprint density at radius 2 is 1.87 bits per heavy atom. The first kappa shape index (κ1) is 21.4. The summed E-state index contributed by atoms with van der Waals surface area (Å²) in [5.41, 5.74) is 1.51. The van der Waals surface area contributed by atoms with Crippen LogP contribution in [0.15, 0.2) is 72.3 Å². The number of benzene rings is 3. The van der Waals surface area contributed by atoms with Gasteiger partial charge in [-0.15, -0.1) is 0 Å². The lowest BCUT2D eigenvalue weighted by Gasteiger charge is -2.09. The molecule has 0 saturated heterocycles. The number of nitrogens with one attached hydrogen (secondary N) is 1. The molecule has 0 bridgehead atoms. The standard InChI is InChI=1S/C23H15Cl2FN2O2/c24-19-6-1-2-7-21(19)28-23(29)17(13-27)10-15-8-9-22(20(25)12-15)30-14-16-4-3-5-18(26)11-16/h1-12H,14H2,(H,28,29)/b17-10+. The van der Waals surface area contributed by atoms with Crippen LogP contribution in [-0.2, 0) is 11.4 Å². The number of anilines is 1. The smallest absolute Gasteiger partial charge is 0.266 e. The Morgan fingerprint density at radius 1 is 1.07 bits per heavy atom. The van der Waals surface area contributed by atoms with Crippen molar-refractivity contribution in [1.29, 1.82) is 5.26 Å². The molecule has 0 aromatic heterocycles. The largest absolute Gasteiger partial charge is 0.487 e. The van der Waals surface area contributed by atoms with Crippen molar-refractivity contribution in [1.82, 2.24) is 0 Å². The van der Waals surface area contributed by atoms with Gasteiger partial charge in [0.1, 0.15) is 29.8 Å². The molecule has 0 unspecified atom stereocenters. The van der Waals surface area contributed by atoms with E-state index < -0.39 is 5.91 Å². The summed E-state index contributed by atoms with van der Waals surface area (Å²) in [6.07, 6.45) is 1.41. The van der Waals surface area contributed by atoms with Crippen LogP contribution in [0, 0.1) is 17.1 Å². The molecule has 0 fully saturated rings. The molecule has 1 N–H and O–H groups in total. The van der Waals surface area contributed by atoms with Crippen molar-refractivity contribution in [2.45, 2.75) is 6.61 Å². The minimum atomic E-state index is -0.590. The molecule has 3 rings (SSSR count). The average Bonchev–Trinajstić information content (AvgIpc) is 2.73. The Bertz CT molecular complexity index is 1160. The Balaban J connectivity index is 1.72. The van der Waals surface area contributed by atoms with E-state index in [0.29, 0.717) is 32.6 Å². The third-order valence-electron chi connectivity index (χ3n) is 4.04. The summed E-state index contributed by atoms with van der Waals surface area (Å²) >= 11 is 12.3. The van der Waals surface area contributed by atoms with Crippen LogP contribution >= 0.6 is 23.2 Å². The average molecular weight is 441 g/mol. The van der Waals surface area contributed by atoms with Gasteiger partial charge in [-0.25, -0.2) is 4.39 Å². The van der Waals surface area contributed by atoms with Gasteiger partial charge in [0.2, 0.25) is 0 Å². The van der Waals surface area contributed by atoms with E-state index in [1.165, 1.54) is 18.2 Å². The molecule has 0 aliphatic heterocycles. The number of para-hydroxylation sites is 1. The maximum atomic E-state index is 13.3. The fourth-order valence-corrected chi connectivity index (χ4v) is 3.01. The van der Waals surface area contributed by atoms with Gasteiger partial charge in [0.15, 0.2) is 0 Å². The van der Waals surface area contributed by atoms with Gasteiger partial charge in [0.25, 0.3) is 5.91 Å². The molecule has 30 heavy (non-hydrogen) atoms. The fraction of sp³-hybridized carbons (Fsp3) is 0.0435. The molecule has 4 nitrogen and oxygen atoms in total. The minimum absolute atomic E-state index is 0.112. The molecular formula is C23H15Cl2FN2O2. The van der Waals surface area contributed by atoms with Crippen molar-refractivity contribution in [3.05, 3.63) is 99.3 Å². The van der Waals surface area contributed by atoms with Gasteiger partial charge in [0.05, 0.1) is 15.7 Å². The van der Waals surface area contributed by atoms with Gasteiger partial charge in [-0.05, 0) is 53.6 Å². The number of carbonyl (C=O) groups is 1. The number of nitrogens with zero attached hydrogens (tertiary/aromatic N) is 1. The number of nitriles is 1. The normalized spacial score (nSPS) is 10.9. The van der Waals surface area contributed by atoms with Gasteiger partial charge < -0.3 is 10.1 Å². The number of amides is 1. The molecular weight excluding hydrogens is 426 g/mol. The van der Waals surface area contributed by atoms with Crippen molar-refractivity contribution < 1.29 is 13.9 Å². The highest BCUT2D eigenvalue weighted by atomic mass is 35.5. The Labute approximate surface area is 183 Å². The SMILES string of the molecule is N#C/C(=C\c1ccc(OCc2cccc(F)c2)c(Cl)c1)C(=O)Nc1ccccc1Cl. The first-order valence-corrected chi connectivity index (χ1v) is 9.56. The monoisotopic (exact) mass is 440 g/mol. The summed E-state index contributed by atoms with van der Waals surface area (Å²) in [6, 6.07) is 19.5. The predicted molar refractivity (Wildman–Crippen MR) is 116 cm³/mol. The summed E-state index contributed by atoms with van der Waals surface area (Å²) in [4.78, 5) is 12.4. The van der Waals surface area contributed by atoms with Crippen LogP contribution in [-0.4, -0.2) is 5.91 Å². The molecule has 0 atom stereocenters. The number of rotatable bonds is 6. The van der Waals surface area contributed by atoms with Gasteiger partial charge in [-0.3, -0.25) is 4.79 Å². The van der Waals surface area contributed by atoms with Crippen molar-refractivity contribution in [2.24, 2.45) is 0 Å². The number of carbonyl (C=O) groups excluding carboxylic acids is 1. The lowest BCUT2D eigenvalue weighted by atomic mass is 10.1. The molecule has 0 saturated carbocycles. The lowest BCUT2D eigenvalue weighted by Crippen LogP contribution is -2.13. The molecule has 0 radical (unpaired) electrons. The van der Waals surface area contributed by atoms with Gasteiger partial charge in [0, 0.05) is 0 Å². The highest BCUT2D eigenvalue weighted by Crippen LogP contribution is 2.28. The van der Waals surface area contributed by atoms with Crippen LogP contribution in [0.1, 0.15) is 11.1 Å². The molecule has 7 heteroatoms. The number of halogens is 3. The Kier molecular flexibility index (Phi) is 7.08. The second kappa shape index (κ2) is 9.93. The van der Waals surface area contributed by atoms with Crippen molar-refractivity contribution >= 4 is 40.9 Å². The number of hydrogen-bond acceptors (Lipinski definition) is 3. The zero-order chi connectivity index (χ0) is 21.5. The number of ether oxygens (including phenoxy) is 1. The molecule has 150 valence electrons. The summed E-state index contributed by atoms with van der Waals surface area (Å²) in [6.45, 7) is 0.149. The third kappa shape index (κ3) is 5.60. The van der Waals surface area contributed by atoms with E-state index >= 15 is 0 Å². The minimum Gasteiger partial charge on any atom is -0.487 e. The van der Waals surface area contributed by atoms with Gasteiger partial charge in [-0.2, -0.15) is 5.26 Å². The molecule has 1 amide bonds. The van der Waals surface area contributed by atoms with Gasteiger partial charge >= 0.3 is 0 Å². The zero-order valence-electron chi connectivity index (χ0n) is 15.5. The Morgan fingerprint density at radius 3 is 2.57 bits per heavy atom. The topological polar surface area (TPSA) is 62.1 Å². The van der Waals surface area contributed by atoms with Crippen LogP contribution in [0.3, 0.4) is 0 Å². The molecule has 0 heterocycles. The van der Waals surface area contributed by atoms with Crippen molar-refractivity contribution in [3.8, 4) is 11.8 Å². The predicted octanol–water partition coefficient (Wildman–Crippen LogP) is 6.26. The summed E-state index contributed by atoms with van der Waals surface area (Å²) < 4.78 is 18.9. The van der Waals surface area contributed by atoms with E-state index in [1.54, 1.807) is 54.6 Å². The van der Waals surface area contributed by atoms with E-state index in [-0.39, 0.29) is 18.0 Å². The summed E-state index contributed by atoms with van der Waals surface area (Å²) in [7, 11) is 0. The second-order valence-corrected chi connectivity index (χ2v) is 7.03. The maximum Gasteiger partial charge on any atom is 0.266 e. The van der Waals surface area contributed by atoms with Crippen LogP contribution in [0.25, 0.3) is 6.08 Å².